The summed E-state index contributed by atoms with van der Waals surface area (Å²) in [4.78, 5) is 14.6. The van der Waals surface area contributed by atoms with Gasteiger partial charge in [-0.25, -0.2) is 0 Å². The van der Waals surface area contributed by atoms with Gasteiger partial charge in [0.05, 0.1) is 0 Å². The number of benzene rings is 2. The molecule has 0 aromatic heterocycles. The maximum atomic E-state index is 12.7. The lowest BCUT2D eigenvalue weighted by molar-refractivity contribution is -0.132. The molecule has 152 valence electrons. The van der Waals surface area contributed by atoms with E-state index in [-0.39, 0.29) is 24.9 Å². The Balaban J connectivity index is 1.21. The van der Waals surface area contributed by atoms with E-state index in [2.05, 4.69) is 26.0 Å². The highest BCUT2D eigenvalue weighted by Crippen LogP contribution is 2.42. The molecule has 29 heavy (non-hydrogen) atoms. The van der Waals surface area contributed by atoms with Gasteiger partial charge in [0, 0.05) is 31.0 Å². The van der Waals surface area contributed by atoms with Gasteiger partial charge in [0.1, 0.15) is 5.60 Å². The molecule has 3 heterocycles. The predicted octanol–water partition coefficient (Wildman–Crippen LogP) is 3.52. The van der Waals surface area contributed by atoms with Crippen LogP contribution in [0.3, 0.4) is 0 Å². The summed E-state index contributed by atoms with van der Waals surface area (Å²) < 4.78 is 22.7. The predicted molar refractivity (Wildman–Crippen MR) is 107 cm³/mol. The smallest absolute Gasteiger partial charge is 0.260 e. The SMILES string of the molecule is CC1(C)Cc2cccc(OCC(=O)N3CCC(c4ccc5c(c4)OCO5)C3)c2O1. The minimum absolute atomic E-state index is 0.00287. The van der Waals surface area contributed by atoms with E-state index in [1.165, 1.54) is 5.56 Å². The lowest BCUT2D eigenvalue weighted by Gasteiger charge is -2.19. The molecule has 0 spiro atoms. The van der Waals surface area contributed by atoms with Crippen molar-refractivity contribution in [2.45, 2.75) is 38.2 Å². The Labute approximate surface area is 170 Å². The second kappa shape index (κ2) is 6.87. The first-order valence-corrected chi connectivity index (χ1v) is 10.1. The van der Waals surface area contributed by atoms with Gasteiger partial charge in [0.2, 0.25) is 6.79 Å². The number of carbonyl (C=O) groups excluding carboxylic acids is 1. The van der Waals surface area contributed by atoms with Gasteiger partial charge >= 0.3 is 0 Å². The molecule has 0 bridgehead atoms. The number of amides is 1. The largest absolute Gasteiger partial charge is 0.483 e. The number of nitrogens with zero attached hydrogens (tertiary/aromatic N) is 1. The minimum Gasteiger partial charge on any atom is -0.483 e. The van der Waals surface area contributed by atoms with Gasteiger partial charge in [-0.3, -0.25) is 4.79 Å². The molecule has 3 aliphatic heterocycles. The van der Waals surface area contributed by atoms with Crippen LogP contribution >= 0.6 is 0 Å². The topological polar surface area (TPSA) is 57.2 Å². The van der Waals surface area contributed by atoms with Crippen LogP contribution in [0.15, 0.2) is 36.4 Å². The molecule has 2 aromatic carbocycles. The second-order valence-electron chi connectivity index (χ2n) is 8.51. The molecule has 0 saturated carbocycles. The van der Waals surface area contributed by atoms with Crippen molar-refractivity contribution in [1.82, 2.24) is 4.90 Å². The molecule has 3 aliphatic rings. The summed E-state index contributed by atoms with van der Waals surface area (Å²) in [7, 11) is 0. The van der Waals surface area contributed by atoms with Crippen LogP contribution in [0.5, 0.6) is 23.0 Å². The summed E-state index contributed by atoms with van der Waals surface area (Å²) in [5, 5.41) is 0. The van der Waals surface area contributed by atoms with Crippen molar-refractivity contribution in [3.8, 4) is 23.0 Å². The van der Waals surface area contributed by atoms with Gasteiger partial charge in [-0.2, -0.15) is 0 Å². The van der Waals surface area contributed by atoms with E-state index in [1.54, 1.807) is 0 Å². The van der Waals surface area contributed by atoms with Crippen molar-refractivity contribution in [3.05, 3.63) is 47.5 Å². The molecular weight excluding hydrogens is 370 g/mol. The molecule has 6 heteroatoms. The fourth-order valence-corrected chi connectivity index (χ4v) is 4.36. The average Bonchev–Trinajstić information content (AvgIpc) is 3.42. The second-order valence-corrected chi connectivity index (χ2v) is 8.51. The molecule has 6 nitrogen and oxygen atoms in total. The van der Waals surface area contributed by atoms with Crippen LogP contribution in [0, 0.1) is 0 Å². The van der Waals surface area contributed by atoms with Crippen molar-refractivity contribution in [1.29, 1.82) is 0 Å². The Bertz CT molecular complexity index is 954. The minimum atomic E-state index is -0.238. The van der Waals surface area contributed by atoms with E-state index in [4.69, 9.17) is 18.9 Å². The molecule has 1 atom stereocenters. The lowest BCUT2D eigenvalue weighted by Crippen LogP contribution is -2.33. The van der Waals surface area contributed by atoms with Crippen LogP contribution in [0.4, 0.5) is 0 Å². The number of hydrogen-bond donors (Lipinski definition) is 0. The summed E-state index contributed by atoms with van der Waals surface area (Å²) in [5.41, 5.74) is 2.07. The number of fused-ring (bicyclic) bond motifs is 2. The first kappa shape index (κ1) is 18.2. The summed E-state index contributed by atoms with van der Waals surface area (Å²) in [5.74, 6) is 3.30. The van der Waals surface area contributed by atoms with Crippen LogP contribution in [0.2, 0.25) is 0 Å². The number of ether oxygens (including phenoxy) is 4. The lowest BCUT2D eigenvalue weighted by atomic mass is 9.98. The van der Waals surface area contributed by atoms with Gasteiger partial charge in [-0.1, -0.05) is 18.2 Å². The van der Waals surface area contributed by atoms with Crippen LogP contribution in [0.1, 0.15) is 37.3 Å². The fraction of sp³-hybridized carbons (Fsp3) is 0.435. The Morgan fingerprint density at radius 2 is 2.07 bits per heavy atom. The van der Waals surface area contributed by atoms with Crippen LogP contribution in [-0.2, 0) is 11.2 Å². The van der Waals surface area contributed by atoms with Crippen molar-refractivity contribution in [3.63, 3.8) is 0 Å². The molecule has 0 aliphatic carbocycles. The van der Waals surface area contributed by atoms with Crippen LogP contribution in [-0.4, -0.2) is 42.9 Å². The molecule has 0 N–H and O–H groups in total. The van der Waals surface area contributed by atoms with Crippen molar-refractivity contribution < 1.29 is 23.7 Å². The molecule has 1 unspecified atom stereocenters. The average molecular weight is 395 g/mol. The van der Waals surface area contributed by atoms with Crippen molar-refractivity contribution >= 4 is 5.91 Å². The normalized spacial score (nSPS) is 21.0. The van der Waals surface area contributed by atoms with E-state index in [9.17, 15) is 4.79 Å². The third kappa shape index (κ3) is 3.48. The maximum Gasteiger partial charge on any atom is 0.260 e. The van der Waals surface area contributed by atoms with E-state index in [0.29, 0.717) is 18.2 Å². The van der Waals surface area contributed by atoms with Gasteiger partial charge < -0.3 is 23.8 Å². The Kier molecular flexibility index (Phi) is 4.30. The quantitative estimate of drug-likeness (QED) is 0.793. The molecule has 2 aromatic rings. The molecular formula is C23H25NO5. The molecule has 1 fully saturated rings. The van der Waals surface area contributed by atoms with Crippen molar-refractivity contribution in [2.24, 2.45) is 0 Å². The highest BCUT2D eigenvalue weighted by Gasteiger charge is 2.33. The monoisotopic (exact) mass is 395 g/mol. The van der Waals surface area contributed by atoms with E-state index >= 15 is 0 Å². The number of para-hydroxylation sites is 1. The number of carbonyl (C=O) groups is 1. The first-order valence-electron chi connectivity index (χ1n) is 10.1. The van der Waals surface area contributed by atoms with Crippen LogP contribution < -0.4 is 18.9 Å². The molecule has 0 radical (unpaired) electrons. The summed E-state index contributed by atoms with van der Waals surface area (Å²) >= 11 is 0. The number of likely N-dealkylation sites (tertiary alicyclic amines) is 1. The Hall–Kier alpha value is -2.89. The van der Waals surface area contributed by atoms with E-state index in [1.807, 2.05) is 29.2 Å². The summed E-state index contributed by atoms with van der Waals surface area (Å²) in [6, 6.07) is 11.9. The Morgan fingerprint density at radius 1 is 1.21 bits per heavy atom. The van der Waals surface area contributed by atoms with Crippen LogP contribution in [0.25, 0.3) is 0 Å². The highest BCUT2D eigenvalue weighted by atomic mass is 16.7. The molecule has 5 rings (SSSR count). The third-order valence-corrected chi connectivity index (χ3v) is 5.82. The summed E-state index contributed by atoms with van der Waals surface area (Å²) in [6.45, 7) is 5.84. The summed E-state index contributed by atoms with van der Waals surface area (Å²) in [6.07, 6.45) is 1.78. The van der Waals surface area contributed by atoms with Gasteiger partial charge in [0.25, 0.3) is 5.91 Å². The zero-order chi connectivity index (χ0) is 20.0. The standard InChI is InChI=1S/C23H25NO5/c1-23(2)11-16-4-3-5-19(22(16)29-23)26-13-21(25)24-9-8-17(12-24)15-6-7-18-20(10-15)28-14-27-18/h3-7,10,17H,8-9,11-14H2,1-2H3. The van der Waals surface area contributed by atoms with Gasteiger partial charge in [-0.15, -0.1) is 0 Å². The van der Waals surface area contributed by atoms with Gasteiger partial charge in [0.15, 0.2) is 29.6 Å². The first-order chi connectivity index (χ1) is 14.0. The number of rotatable bonds is 4. The molecule has 1 amide bonds. The highest BCUT2D eigenvalue weighted by molar-refractivity contribution is 5.78. The maximum absolute atomic E-state index is 12.7. The third-order valence-electron chi connectivity index (χ3n) is 5.82. The van der Waals surface area contributed by atoms with E-state index < -0.39 is 0 Å². The Morgan fingerprint density at radius 3 is 2.97 bits per heavy atom. The zero-order valence-electron chi connectivity index (χ0n) is 16.8. The van der Waals surface area contributed by atoms with E-state index in [0.717, 1.165) is 42.2 Å². The van der Waals surface area contributed by atoms with Crippen molar-refractivity contribution in [2.75, 3.05) is 26.5 Å². The number of hydrogen-bond acceptors (Lipinski definition) is 5. The fourth-order valence-electron chi connectivity index (χ4n) is 4.36. The molecule has 1 saturated heterocycles. The van der Waals surface area contributed by atoms with Gasteiger partial charge in [-0.05, 0) is 44.0 Å². The zero-order valence-corrected chi connectivity index (χ0v) is 16.8.